The Balaban J connectivity index is 2.10. The second-order valence-electron chi connectivity index (χ2n) is 4.97. The number of aryl methyl sites for hydroxylation is 1. The first-order valence-corrected chi connectivity index (χ1v) is 6.26. The van der Waals surface area contributed by atoms with E-state index in [2.05, 4.69) is 14.9 Å². The molecule has 2 rings (SSSR count). The molecule has 0 aromatic carbocycles. The summed E-state index contributed by atoms with van der Waals surface area (Å²) in [6.07, 6.45) is 2.36. The molecule has 1 saturated heterocycles. The van der Waals surface area contributed by atoms with Gasteiger partial charge in [0.15, 0.2) is 0 Å². The minimum Gasteiger partial charge on any atom is -0.466 e. The third-order valence-corrected chi connectivity index (χ3v) is 3.35. The average Bonchev–Trinajstić information content (AvgIpc) is 2.74. The lowest BCUT2D eigenvalue weighted by Crippen LogP contribution is -2.33. The van der Waals surface area contributed by atoms with E-state index in [4.69, 9.17) is 4.74 Å². The number of carbonyl (C=O) groups excluding carboxylic acids is 1. The van der Waals surface area contributed by atoms with Gasteiger partial charge in [0, 0.05) is 24.8 Å². The van der Waals surface area contributed by atoms with Gasteiger partial charge in [-0.3, -0.25) is 4.79 Å². The molecule has 18 heavy (non-hydrogen) atoms. The van der Waals surface area contributed by atoms with Crippen molar-refractivity contribution in [3.05, 3.63) is 18.1 Å². The minimum atomic E-state index is -0.422. The van der Waals surface area contributed by atoms with Crippen LogP contribution in [0.1, 0.15) is 26.0 Å². The van der Waals surface area contributed by atoms with Gasteiger partial charge in [0.1, 0.15) is 12.1 Å². The highest BCUT2D eigenvalue weighted by atomic mass is 16.5. The lowest BCUT2D eigenvalue weighted by Gasteiger charge is -2.23. The first-order valence-electron chi connectivity index (χ1n) is 6.26. The van der Waals surface area contributed by atoms with Gasteiger partial charge in [-0.05, 0) is 27.2 Å². The van der Waals surface area contributed by atoms with Crippen LogP contribution in [0.15, 0.2) is 12.4 Å². The smallest absolute Gasteiger partial charge is 0.313 e. The van der Waals surface area contributed by atoms with E-state index in [1.807, 2.05) is 26.8 Å². The molecule has 2 heterocycles. The van der Waals surface area contributed by atoms with Crippen LogP contribution in [-0.2, 0) is 9.53 Å². The number of hydrogen-bond acceptors (Lipinski definition) is 5. The summed E-state index contributed by atoms with van der Waals surface area (Å²) in [5, 5.41) is 0. The van der Waals surface area contributed by atoms with Crippen molar-refractivity contribution in [2.24, 2.45) is 5.41 Å². The van der Waals surface area contributed by atoms with Gasteiger partial charge in [0.25, 0.3) is 0 Å². The number of hydrogen-bond donors (Lipinski definition) is 0. The molecule has 1 aliphatic heterocycles. The van der Waals surface area contributed by atoms with Crippen molar-refractivity contribution >= 4 is 11.8 Å². The molecule has 1 aliphatic rings. The monoisotopic (exact) mass is 249 g/mol. The fourth-order valence-electron chi connectivity index (χ4n) is 2.24. The van der Waals surface area contributed by atoms with E-state index in [-0.39, 0.29) is 5.97 Å². The third kappa shape index (κ3) is 2.44. The molecule has 0 spiro atoms. The van der Waals surface area contributed by atoms with E-state index in [0.717, 1.165) is 24.5 Å². The van der Waals surface area contributed by atoms with Crippen LogP contribution in [0.2, 0.25) is 0 Å². The Morgan fingerprint density at radius 2 is 2.33 bits per heavy atom. The van der Waals surface area contributed by atoms with Crippen LogP contribution in [0, 0.1) is 12.3 Å². The molecular formula is C13H19N3O2. The summed E-state index contributed by atoms with van der Waals surface area (Å²) in [5.74, 6) is 0.772. The molecule has 5 heteroatoms. The summed E-state index contributed by atoms with van der Waals surface area (Å²) in [5.41, 5.74) is 0.513. The molecule has 1 atom stereocenters. The predicted octanol–water partition coefficient (Wildman–Crippen LogP) is 1.56. The molecule has 0 saturated carbocycles. The van der Waals surface area contributed by atoms with Crippen molar-refractivity contribution in [2.75, 3.05) is 24.6 Å². The van der Waals surface area contributed by atoms with Gasteiger partial charge in [-0.1, -0.05) is 0 Å². The van der Waals surface area contributed by atoms with Crippen LogP contribution < -0.4 is 4.90 Å². The number of rotatable bonds is 3. The Labute approximate surface area is 107 Å². The number of ether oxygens (including phenoxy) is 1. The molecule has 0 aliphatic carbocycles. The minimum absolute atomic E-state index is 0.113. The highest BCUT2D eigenvalue weighted by Gasteiger charge is 2.42. The third-order valence-electron chi connectivity index (χ3n) is 3.35. The molecule has 1 unspecified atom stereocenters. The summed E-state index contributed by atoms with van der Waals surface area (Å²) in [7, 11) is 0. The predicted molar refractivity (Wildman–Crippen MR) is 68.3 cm³/mol. The van der Waals surface area contributed by atoms with Crippen molar-refractivity contribution in [3.63, 3.8) is 0 Å². The maximum Gasteiger partial charge on any atom is 0.313 e. The Kier molecular flexibility index (Phi) is 3.50. The molecule has 1 fully saturated rings. The SMILES string of the molecule is CCOC(=O)C1(C)CCN(c2cc(C)ncn2)C1. The zero-order valence-electron chi connectivity index (χ0n) is 11.1. The first-order chi connectivity index (χ1) is 8.55. The van der Waals surface area contributed by atoms with Crippen molar-refractivity contribution in [3.8, 4) is 0 Å². The standard InChI is InChI=1S/C13H19N3O2/c1-4-18-12(17)13(3)5-6-16(8-13)11-7-10(2)14-9-15-11/h7,9H,4-6,8H2,1-3H3. The molecule has 1 aromatic rings. The molecule has 98 valence electrons. The van der Waals surface area contributed by atoms with Crippen LogP contribution in [0.25, 0.3) is 0 Å². The van der Waals surface area contributed by atoms with Gasteiger partial charge in [-0.15, -0.1) is 0 Å². The summed E-state index contributed by atoms with van der Waals surface area (Å²) >= 11 is 0. The lowest BCUT2D eigenvalue weighted by molar-refractivity contribution is -0.153. The van der Waals surface area contributed by atoms with E-state index in [9.17, 15) is 4.79 Å². The zero-order chi connectivity index (χ0) is 13.2. The second kappa shape index (κ2) is 4.92. The summed E-state index contributed by atoms with van der Waals surface area (Å²) in [4.78, 5) is 22.4. The lowest BCUT2D eigenvalue weighted by atomic mass is 9.90. The second-order valence-corrected chi connectivity index (χ2v) is 4.97. The highest BCUT2D eigenvalue weighted by molar-refractivity contribution is 5.78. The topological polar surface area (TPSA) is 55.3 Å². The fourth-order valence-corrected chi connectivity index (χ4v) is 2.24. The quantitative estimate of drug-likeness (QED) is 0.761. The van der Waals surface area contributed by atoms with Gasteiger partial charge in [0.2, 0.25) is 0 Å². The number of nitrogens with zero attached hydrogens (tertiary/aromatic N) is 3. The number of carbonyl (C=O) groups is 1. The van der Waals surface area contributed by atoms with Gasteiger partial charge in [-0.2, -0.15) is 0 Å². The first kappa shape index (κ1) is 12.8. The Bertz CT molecular complexity index is 450. The Morgan fingerprint density at radius 3 is 3.00 bits per heavy atom. The van der Waals surface area contributed by atoms with E-state index in [0.29, 0.717) is 13.2 Å². The highest BCUT2D eigenvalue weighted by Crippen LogP contribution is 2.33. The normalized spacial score (nSPS) is 23.2. The zero-order valence-corrected chi connectivity index (χ0v) is 11.1. The molecular weight excluding hydrogens is 230 g/mol. The van der Waals surface area contributed by atoms with Crippen molar-refractivity contribution < 1.29 is 9.53 Å². The van der Waals surface area contributed by atoms with Crippen LogP contribution in [0.5, 0.6) is 0 Å². The maximum absolute atomic E-state index is 11.9. The van der Waals surface area contributed by atoms with Crippen molar-refractivity contribution in [1.82, 2.24) is 9.97 Å². The Morgan fingerprint density at radius 1 is 1.56 bits per heavy atom. The van der Waals surface area contributed by atoms with E-state index >= 15 is 0 Å². The van der Waals surface area contributed by atoms with Gasteiger partial charge < -0.3 is 9.64 Å². The number of aromatic nitrogens is 2. The molecule has 0 radical (unpaired) electrons. The Hall–Kier alpha value is -1.65. The van der Waals surface area contributed by atoms with Crippen LogP contribution >= 0.6 is 0 Å². The summed E-state index contributed by atoms with van der Waals surface area (Å²) in [6.45, 7) is 7.64. The molecule has 0 bridgehead atoms. The van der Waals surface area contributed by atoms with Crippen molar-refractivity contribution in [2.45, 2.75) is 27.2 Å². The van der Waals surface area contributed by atoms with Gasteiger partial charge >= 0.3 is 5.97 Å². The molecule has 0 amide bonds. The van der Waals surface area contributed by atoms with Crippen LogP contribution in [0.3, 0.4) is 0 Å². The maximum atomic E-state index is 11.9. The van der Waals surface area contributed by atoms with E-state index < -0.39 is 5.41 Å². The summed E-state index contributed by atoms with van der Waals surface area (Å²) < 4.78 is 5.14. The number of anilines is 1. The van der Waals surface area contributed by atoms with E-state index in [1.165, 1.54) is 0 Å². The van der Waals surface area contributed by atoms with Crippen LogP contribution in [0.4, 0.5) is 5.82 Å². The van der Waals surface area contributed by atoms with Crippen LogP contribution in [-0.4, -0.2) is 35.6 Å². The van der Waals surface area contributed by atoms with E-state index in [1.54, 1.807) is 6.33 Å². The largest absolute Gasteiger partial charge is 0.466 e. The van der Waals surface area contributed by atoms with Gasteiger partial charge in [-0.25, -0.2) is 9.97 Å². The average molecular weight is 249 g/mol. The summed E-state index contributed by atoms with van der Waals surface area (Å²) in [6, 6.07) is 1.94. The van der Waals surface area contributed by atoms with Crippen molar-refractivity contribution in [1.29, 1.82) is 0 Å². The molecule has 1 aromatic heterocycles. The fraction of sp³-hybridized carbons (Fsp3) is 0.615. The number of esters is 1. The van der Waals surface area contributed by atoms with Gasteiger partial charge in [0.05, 0.1) is 12.0 Å². The molecule has 5 nitrogen and oxygen atoms in total. The molecule has 0 N–H and O–H groups in total.